The van der Waals surface area contributed by atoms with E-state index < -0.39 is 41.6 Å². The van der Waals surface area contributed by atoms with Crippen molar-refractivity contribution in [1.82, 2.24) is 10.6 Å². The maximum absolute atomic E-state index is 12.7. The summed E-state index contributed by atoms with van der Waals surface area (Å²) in [5.41, 5.74) is -1.21. The molecule has 0 bridgehead atoms. The number of nitrogens with zero attached hydrogens (tertiary/aromatic N) is 2. The number of anilines is 2. The van der Waals surface area contributed by atoms with Gasteiger partial charge >= 0.3 is 24.3 Å². The van der Waals surface area contributed by atoms with Gasteiger partial charge in [0.15, 0.2) is 0 Å². The summed E-state index contributed by atoms with van der Waals surface area (Å²) in [5, 5.41) is 25.2. The second-order valence-electron chi connectivity index (χ2n) is 9.96. The minimum atomic E-state index is -4.47. The molecule has 2 aromatic carbocycles. The lowest BCUT2D eigenvalue weighted by Gasteiger charge is -2.17. The Labute approximate surface area is 239 Å². The fourth-order valence-electron chi connectivity index (χ4n) is 4.15. The third kappa shape index (κ3) is 10.4. The third-order valence-electron chi connectivity index (χ3n) is 6.34. The molecule has 0 aromatic heterocycles. The van der Waals surface area contributed by atoms with Crippen LogP contribution in [0.3, 0.4) is 0 Å². The number of aliphatic imine (C=N–C) groups is 1. The highest BCUT2D eigenvalue weighted by Gasteiger charge is 2.31. The average molecular weight is 603 g/mol. The molecule has 0 spiro atoms. The van der Waals surface area contributed by atoms with E-state index in [9.17, 15) is 36.2 Å². The molecule has 1 saturated heterocycles. The molecule has 2 aromatic rings. The molecule has 2 atom stereocenters. The van der Waals surface area contributed by atoms with Crippen LogP contribution < -0.4 is 31.7 Å². The number of urea groups is 1. The normalized spacial score (nSPS) is 15.6. The van der Waals surface area contributed by atoms with Gasteiger partial charge in [0, 0.05) is 11.4 Å². The van der Waals surface area contributed by atoms with E-state index in [0.29, 0.717) is 13.1 Å². The summed E-state index contributed by atoms with van der Waals surface area (Å²) in [5.74, 6) is 0.814. The zero-order valence-corrected chi connectivity index (χ0v) is 23.1. The molecule has 6 N–H and O–H groups in total. The second kappa shape index (κ2) is 14.2. The Hall–Kier alpha value is -4.01. The average Bonchev–Trinajstić information content (AvgIpc) is 3.43. The van der Waals surface area contributed by atoms with Gasteiger partial charge in [0.05, 0.1) is 42.3 Å². The number of nitrogens with two attached hydrogens (primary N) is 1. The molecule has 0 saturated carbocycles. The number of carbonyl (C=O) groups is 1. The number of amidine groups is 1. The van der Waals surface area contributed by atoms with E-state index in [4.69, 9.17) is 0 Å². The van der Waals surface area contributed by atoms with Gasteiger partial charge in [-0.25, -0.2) is 20.0 Å². The van der Waals surface area contributed by atoms with Gasteiger partial charge < -0.3 is 21.1 Å². The maximum atomic E-state index is 12.7. The molecule has 2 amide bonds. The van der Waals surface area contributed by atoms with Crippen molar-refractivity contribution in [3.8, 4) is 0 Å². The number of nitrogens with one attached hydrogen (secondary N) is 4. The van der Waals surface area contributed by atoms with E-state index in [1.807, 2.05) is 5.32 Å². The fourth-order valence-corrected chi connectivity index (χ4v) is 4.15. The molecule has 0 aliphatic carbocycles. The van der Waals surface area contributed by atoms with Crippen molar-refractivity contribution in [2.45, 2.75) is 51.1 Å². The number of carbonyl (C=O) groups excluding carboxylic acids is 1. The number of hydrogen-bond acceptors (Lipinski definition) is 3. The van der Waals surface area contributed by atoms with Crippen LogP contribution in [0.2, 0.25) is 0 Å². The first-order valence-electron chi connectivity index (χ1n) is 13.3. The van der Waals surface area contributed by atoms with Crippen LogP contribution >= 0.6 is 0 Å². The maximum Gasteiger partial charge on any atom is 0.440 e. The molecule has 0 radical (unpaired) electrons. The lowest BCUT2D eigenvalue weighted by atomic mass is 10.2. The van der Waals surface area contributed by atoms with Crippen LogP contribution in [0.1, 0.15) is 37.8 Å². The van der Waals surface area contributed by atoms with Crippen molar-refractivity contribution >= 4 is 29.4 Å². The lowest BCUT2D eigenvalue weighted by molar-refractivity contribution is -0.634. The smallest absolute Gasteiger partial charge is 0.440 e. The number of amides is 2. The number of alkyl halides is 6. The van der Waals surface area contributed by atoms with E-state index in [2.05, 4.69) is 30.8 Å². The van der Waals surface area contributed by atoms with Gasteiger partial charge in [-0.1, -0.05) is 0 Å². The highest BCUT2D eigenvalue weighted by molar-refractivity contribution is 5.89. The van der Waals surface area contributed by atoms with Gasteiger partial charge in [-0.3, -0.25) is 4.99 Å². The number of halogens is 6. The van der Waals surface area contributed by atoms with Gasteiger partial charge in [-0.15, -0.1) is 0 Å². The first-order valence-corrected chi connectivity index (χ1v) is 13.3. The number of benzene rings is 2. The standard InChI is InChI=1S/C27H33F6N7O2/c1-17(36-24(41)38-21-9-5-19(6-10-21)26(28,29)30)15-34-23(40-13-3-4-14-40)35-16-18(2)37-25(42)39-22-11-7-20(8-12-22)27(31,32)33/h5-12,17-18H,3-4,13-16H2,1-2H3,(H5,34,35,36,37,38,39,41,42)/p+1/t17-,18-/m0/s1. The summed E-state index contributed by atoms with van der Waals surface area (Å²) in [7, 11) is 0. The monoisotopic (exact) mass is 602 g/mol. The topological polar surface area (TPSA) is 120 Å². The minimum Gasteiger partial charge on any atom is -0.846 e. The van der Waals surface area contributed by atoms with Crippen molar-refractivity contribution < 1.29 is 46.1 Å². The molecule has 9 nitrogen and oxygen atoms in total. The van der Waals surface area contributed by atoms with Crippen molar-refractivity contribution in [2.75, 3.05) is 36.8 Å². The van der Waals surface area contributed by atoms with E-state index in [-0.39, 0.29) is 17.4 Å². The van der Waals surface area contributed by atoms with Crippen LogP contribution in [0, 0.1) is 0 Å². The van der Waals surface area contributed by atoms with E-state index in [0.717, 1.165) is 68.3 Å². The predicted molar refractivity (Wildman–Crippen MR) is 144 cm³/mol. The Morgan fingerprint density at radius 3 is 1.90 bits per heavy atom. The Kier molecular flexibility index (Phi) is 11.0. The van der Waals surface area contributed by atoms with Crippen molar-refractivity contribution in [1.29, 1.82) is 0 Å². The summed E-state index contributed by atoms with van der Waals surface area (Å²) in [6.07, 6.45) is -6.91. The first kappa shape index (κ1) is 32.5. The first-order chi connectivity index (χ1) is 19.7. The Morgan fingerprint density at radius 2 is 1.40 bits per heavy atom. The Bertz CT molecular complexity index is 1240. The summed E-state index contributed by atoms with van der Waals surface area (Å²) in [6, 6.07) is 6.19. The van der Waals surface area contributed by atoms with E-state index in [1.54, 1.807) is 13.8 Å². The molecule has 1 fully saturated rings. The lowest BCUT2D eigenvalue weighted by Crippen LogP contribution is -2.95. The molecule has 1 aliphatic heterocycles. The van der Waals surface area contributed by atoms with Crippen LogP contribution in [0.4, 0.5) is 42.5 Å². The van der Waals surface area contributed by atoms with Crippen LogP contribution in [0.15, 0.2) is 53.5 Å². The van der Waals surface area contributed by atoms with Gasteiger partial charge in [-0.05, 0) is 75.2 Å². The van der Waals surface area contributed by atoms with Gasteiger partial charge in [0.1, 0.15) is 13.1 Å². The molecular weight excluding hydrogens is 568 g/mol. The van der Waals surface area contributed by atoms with E-state index >= 15 is 0 Å². The number of quaternary nitrogens is 1. The molecule has 15 heteroatoms. The number of hydrogen-bond donors (Lipinski definition) is 5. The van der Waals surface area contributed by atoms with Gasteiger partial charge in [0.2, 0.25) is 0 Å². The quantitative estimate of drug-likeness (QED) is 0.138. The molecule has 230 valence electrons. The van der Waals surface area contributed by atoms with Crippen molar-refractivity contribution in [3.63, 3.8) is 0 Å². The molecule has 3 rings (SSSR count). The van der Waals surface area contributed by atoms with Crippen LogP contribution in [0.5, 0.6) is 0 Å². The molecule has 1 heterocycles. The Balaban J connectivity index is 1.49. The zero-order chi connectivity index (χ0) is 30.9. The number of rotatable bonds is 8. The van der Waals surface area contributed by atoms with Crippen LogP contribution in [0.25, 0.3) is 0 Å². The second-order valence-corrected chi connectivity index (χ2v) is 9.96. The Morgan fingerprint density at radius 1 is 0.905 bits per heavy atom. The molecule has 1 aliphatic rings. The van der Waals surface area contributed by atoms with Crippen LogP contribution in [-0.2, 0) is 12.4 Å². The summed E-state index contributed by atoms with van der Waals surface area (Å²) in [6.45, 7) is 5.91. The zero-order valence-electron chi connectivity index (χ0n) is 23.1. The van der Waals surface area contributed by atoms with Crippen molar-refractivity contribution in [3.05, 3.63) is 59.7 Å². The SMILES string of the molecule is C[C@@H](CNC([NH2+]C[C@H](C)NC(=O)Nc1ccc(C(F)(F)F)cc1)=[N+]1CCCC1)N=C([O-])Nc1ccc(C(F)(F)F)cc1. The van der Waals surface area contributed by atoms with Gasteiger partial charge in [-0.2, -0.15) is 26.3 Å². The highest BCUT2D eigenvalue weighted by Crippen LogP contribution is 2.30. The number of guanidine groups is 1. The minimum absolute atomic E-state index is 0.193. The summed E-state index contributed by atoms with van der Waals surface area (Å²) in [4.78, 5) is 16.4. The molecule has 0 unspecified atom stereocenters. The van der Waals surface area contributed by atoms with Gasteiger partial charge in [0.25, 0.3) is 0 Å². The van der Waals surface area contributed by atoms with Crippen LogP contribution in [-0.4, -0.2) is 60.9 Å². The predicted octanol–water partition coefficient (Wildman–Crippen LogP) is 2.77. The molecule has 42 heavy (non-hydrogen) atoms. The van der Waals surface area contributed by atoms with E-state index in [1.165, 1.54) is 12.1 Å². The highest BCUT2D eigenvalue weighted by atomic mass is 19.4. The fraction of sp³-hybridized carbons (Fsp3) is 0.444. The largest absolute Gasteiger partial charge is 0.846 e. The summed E-state index contributed by atoms with van der Waals surface area (Å²) >= 11 is 0. The summed E-state index contributed by atoms with van der Waals surface area (Å²) < 4.78 is 78.5. The van der Waals surface area contributed by atoms with Crippen molar-refractivity contribution in [2.24, 2.45) is 4.99 Å². The molecular formula is C27H34F6N7O2+. The third-order valence-corrected chi connectivity index (χ3v) is 6.34.